The van der Waals surface area contributed by atoms with Gasteiger partial charge in [-0.05, 0) is 23.8 Å². The number of fused-ring (bicyclic) bond motifs is 1. The summed E-state index contributed by atoms with van der Waals surface area (Å²) in [4.78, 5) is 25.4. The first-order chi connectivity index (χ1) is 12.2. The number of carboxylic acid groups (broad SMARTS) is 1. The molecule has 0 aliphatic carbocycles. The second kappa shape index (κ2) is 6.49. The molecule has 4 rings (SSSR count). The van der Waals surface area contributed by atoms with Crippen LogP contribution in [0.2, 0.25) is 0 Å². The van der Waals surface area contributed by atoms with Gasteiger partial charge in [0.15, 0.2) is 6.04 Å². The number of rotatable bonds is 4. The van der Waals surface area contributed by atoms with Gasteiger partial charge in [-0.3, -0.25) is 14.7 Å². The largest absolute Gasteiger partial charge is 0.480 e. The standard InChI is InChI=1S/C19H18N4O2/c24-19(25)18-17-16(21-12-22-17)7-9-23(18)11-13-4-3-5-14(10-13)15-6-1-2-8-20-15/h1-6,8,10,12,18H,7,9,11H2,(H,21,22)(H,24,25)/t18-/m1/s1. The van der Waals surface area contributed by atoms with E-state index in [0.717, 1.165) is 28.9 Å². The van der Waals surface area contributed by atoms with Crippen molar-refractivity contribution in [1.82, 2.24) is 19.9 Å². The number of imidazole rings is 1. The van der Waals surface area contributed by atoms with E-state index in [0.29, 0.717) is 18.8 Å². The smallest absolute Gasteiger partial charge is 0.327 e. The molecule has 1 atom stereocenters. The highest BCUT2D eigenvalue weighted by Crippen LogP contribution is 2.29. The minimum Gasteiger partial charge on any atom is -0.480 e. The van der Waals surface area contributed by atoms with E-state index >= 15 is 0 Å². The van der Waals surface area contributed by atoms with Crippen LogP contribution in [0.4, 0.5) is 0 Å². The number of hydrogen-bond donors (Lipinski definition) is 2. The molecule has 0 saturated carbocycles. The van der Waals surface area contributed by atoms with E-state index in [9.17, 15) is 9.90 Å². The number of carbonyl (C=O) groups is 1. The van der Waals surface area contributed by atoms with Crippen LogP contribution in [0.1, 0.15) is 23.0 Å². The Morgan fingerprint density at radius 2 is 2.16 bits per heavy atom. The fourth-order valence-electron chi connectivity index (χ4n) is 3.37. The molecule has 0 saturated heterocycles. The van der Waals surface area contributed by atoms with E-state index in [1.54, 1.807) is 12.5 Å². The predicted molar refractivity (Wildman–Crippen MR) is 92.8 cm³/mol. The zero-order chi connectivity index (χ0) is 17.2. The minimum atomic E-state index is -0.867. The highest BCUT2D eigenvalue weighted by Gasteiger charge is 2.34. The number of benzene rings is 1. The fraction of sp³-hybridized carbons (Fsp3) is 0.211. The van der Waals surface area contributed by atoms with Crippen LogP contribution in [-0.2, 0) is 17.8 Å². The van der Waals surface area contributed by atoms with Crippen molar-refractivity contribution < 1.29 is 9.90 Å². The van der Waals surface area contributed by atoms with E-state index in [2.05, 4.69) is 21.0 Å². The number of nitrogens with one attached hydrogen (secondary N) is 1. The molecule has 1 aliphatic rings. The first-order valence-electron chi connectivity index (χ1n) is 8.22. The molecule has 25 heavy (non-hydrogen) atoms. The molecular formula is C19H18N4O2. The van der Waals surface area contributed by atoms with Crippen molar-refractivity contribution in [3.05, 3.63) is 71.9 Å². The fourth-order valence-corrected chi connectivity index (χ4v) is 3.37. The van der Waals surface area contributed by atoms with Crippen molar-refractivity contribution in [2.24, 2.45) is 0 Å². The SMILES string of the molecule is O=C(O)[C@H]1c2nc[nH]c2CCN1Cc1cccc(-c2ccccn2)c1. The average molecular weight is 334 g/mol. The second-order valence-corrected chi connectivity index (χ2v) is 6.14. The molecule has 1 aliphatic heterocycles. The van der Waals surface area contributed by atoms with Crippen LogP contribution >= 0.6 is 0 Å². The predicted octanol–water partition coefficient (Wildman–Crippen LogP) is 2.66. The van der Waals surface area contributed by atoms with Gasteiger partial charge in [-0.25, -0.2) is 4.98 Å². The summed E-state index contributed by atoms with van der Waals surface area (Å²) in [6.45, 7) is 1.24. The summed E-state index contributed by atoms with van der Waals surface area (Å²) in [7, 11) is 0. The van der Waals surface area contributed by atoms with E-state index in [1.165, 1.54) is 0 Å². The van der Waals surface area contributed by atoms with Gasteiger partial charge in [-0.2, -0.15) is 0 Å². The Kier molecular flexibility index (Phi) is 4.03. The maximum atomic E-state index is 11.8. The van der Waals surface area contributed by atoms with Crippen molar-refractivity contribution in [3.8, 4) is 11.3 Å². The molecule has 3 aromatic rings. The zero-order valence-electron chi connectivity index (χ0n) is 13.6. The molecule has 3 heterocycles. The quantitative estimate of drug-likeness (QED) is 0.766. The summed E-state index contributed by atoms with van der Waals surface area (Å²) in [6.07, 6.45) is 4.12. The van der Waals surface area contributed by atoms with E-state index in [-0.39, 0.29) is 0 Å². The van der Waals surface area contributed by atoms with Crippen LogP contribution in [0.25, 0.3) is 11.3 Å². The number of aliphatic carboxylic acids is 1. The maximum Gasteiger partial charge on any atom is 0.327 e. The van der Waals surface area contributed by atoms with Gasteiger partial charge in [0.25, 0.3) is 0 Å². The molecule has 0 unspecified atom stereocenters. The molecule has 1 aromatic carbocycles. The van der Waals surface area contributed by atoms with Gasteiger partial charge in [0.05, 0.1) is 17.7 Å². The number of aromatic nitrogens is 3. The molecule has 0 spiro atoms. The molecule has 0 bridgehead atoms. The second-order valence-electron chi connectivity index (χ2n) is 6.14. The molecule has 0 fully saturated rings. The highest BCUT2D eigenvalue weighted by molar-refractivity contribution is 5.75. The third-order valence-corrected chi connectivity index (χ3v) is 4.53. The number of nitrogens with zero attached hydrogens (tertiary/aromatic N) is 3. The van der Waals surface area contributed by atoms with Crippen molar-refractivity contribution in [2.75, 3.05) is 6.54 Å². The maximum absolute atomic E-state index is 11.8. The lowest BCUT2D eigenvalue weighted by Crippen LogP contribution is -2.39. The number of carboxylic acids is 1. The van der Waals surface area contributed by atoms with Crippen LogP contribution in [-0.4, -0.2) is 37.5 Å². The van der Waals surface area contributed by atoms with E-state index < -0.39 is 12.0 Å². The number of hydrogen-bond acceptors (Lipinski definition) is 4. The average Bonchev–Trinajstić information content (AvgIpc) is 3.11. The zero-order valence-corrected chi connectivity index (χ0v) is 13.6. The molecule has 6 nitrogen and oxygen atoms in total. The Balaban J connectivity index is 1.61. The lowest BCUT2D eigenvalue weighted by atomic mass is 10.0. The van der Waals surface area contributed by atoms with Crippen molar-refractivity contribution >= 4 is 5.97 Å². The lowest BCUT2D eigenvalue weighted by molar-refractivity contribution is -0.144. The van der Waals surface area contributed by atoms with Gasteiger partial charge in [0.2, 0.25) is 0 Å². The third kappa shape index (κ3) is 3.04. The Morgan fingerprint density at radius 1 is 1.24 bits per heavy atom. The Morgan fingerprint density at radius 3 is 2.96 bits per heavy atom. The van der Waals surface area contributed by atoms with Crippen molar-refractivity contribution in [2.45, 2.75) is 19.0 Å². The van der Waals surface area contributed by atoms with Crippen LogP contribution in [0.3, 0.4) is 0 Å². The summed E-state index contributed by atoms with van der Waals surface area (Å²) in [5, 5.41) is 9.68. The Labute approximate surface area is 145 Å². The lowest BCUT2D eigenvalue weighted by Gasteiger charge is -2.32. The van der Waals surface area contributed by atoms with Crippen LogP contribution in [0.5, 0.6) is 0 Å². The first kappa shape index (κ1) is 15.5. The Hall–Kier alpha value is -2.99. The number of H-pyrrole nitrogens is 1. The normalized spacial score (nSPS) is 17.2. The van der Waals surface area contributed by atoms with Gasteiger partial charge in [-0.15, -0.1) is 0 Å². The van der Waals surface area contributed by atoms with Crippen LogP contribution in [0, 0.1) is 0 Å². The van der Waals surface area contributed by atoms with Gasteiger partial charge >= 0.3 is 5.97 Å². The van der Waals surface area contributed by atoms with Crippen LogP contribution in [0.15, 0.2) is 55.0 Å². The van der Waals surface area contributed by atoms with Gasteiger partial charge in [-0.1, -0.05) is 24.3 Å². The van der Waals surface area contributed by atoms with E-state index in [4.69, 9.17) is 0 Å². The summed E-state index contributed by atoms with van der Waals surface area (Å²) in [5.41, 5.74) is 4.55. The summed E-state index contributed by atoms with van der Waals surface area (Å²) in [5.74, 6) is -0.867. The molecule has 2 aromatic heterocycles. The van der Waals surface area contributed by atoms with E-state index in [1.807, 2.05) is 41.3 Å². The molecule has 2 N–H and O–H groups in total. The third-order valence-electron chi connectivity index (χ3n) is 4.53. The number of aromatic amines is 1. The topological polar surface area (TPSA) is 82.1 Å². The van der Waals surface area contributed by atoms with Crippen LogP contribution < -0.4 is 0 Å². The molecular weight excluding hydrogens is 316 g/mol. The van der Waals surface area contributed by atoms with Crippen molar-refractivity contribution in [3.63, 3.8) is 0 Å². The molecule has 6 heteroatoms. The minimum absolute atomic E-state index is 0.559. The van der Waals surface area contributed by atoms with Gasteiger partial charge < -0.3 is 10.1 Å². The summed E-state index contributed by atoms with van der Waals surface area (Å²) in [6, 6.07) is 13.2. The first-order valence-corrected chi connectivity index (χ1v) is 8.22. The summed E-state index contributed by atoms with van der Waals surface area (Å²) < 4.78 is 0. The molecule has 126 valence electrons. The molecule has 0 radical (unpaired) electrons. The monoisotopic (exact) mass is 334 g/mol. The van der Waals surface area contributed by atoms with Gasteiger partial charge in [0.1, 0.15) is 0 Å². The summed E-state index contributed by atoms with van der Waals surface area (Å²) >= 11 is 0. The highest BCUT2D eigenvalue weighted by atomic mass is 16.4. The molecule has 0 amide bonds. The van der Waals surface area contributed by atoms with Gasteiger partial charge in [0, 0.05) is 37.0 Å². The van der Waals surface area contributed by atoms with Crippen molar-refractivity contribution in [1.29, 1.82) is 0 Å². The number of pyridine rings is 1. The Bertz CT molecular complexity index is 891.